The minimum absolute atomic E-state index is 0.0419. The standard InChI is InChI=1S/C11H15NO3S2/c1-12(9-4-6-10(13)7-5-9)17(14,15)11-3-2-8-16-11/h2-3,8-9H,4-7H2,1H3. The Morgan fingerprint density at radius 3 is 2.53 bits per heavy atom. The summed E-state index contributed by atoms with van der Waals surface area (Å²) in [5.41, 5.74) is 0. The van der Waals surface area contributed by atoms with Gasteiger partial charge in [0.2, 0.25) is 0 Å². The summed E-state index contributed by atoms with van der Waals surface area (Å²) < 4.78 is 26.2. The lowest BCUT2D eigenvalue weighted by molar-refractivity contribution is -0.120. The number of carbonyl (C=O) groups is 1. The number of hydrogen-bond donors (Lipinski definition) is 0. The smallest absolute Gasteiger partial charge is 0.252 e. The summed E-state index contributed by atoms with van der Waals surface area (Å²) in [7, 11) is -1.77. The Balaban J connectivity index is 2.15. The minimum atomic E-state index is -3.37. The van der Waals surface area contributed by atoms with Crippen LogP contribution in [-0.4, -0.2) is 31.6 Å². The summed E-state index contributed by atoms with van der Waals surface area (Å²) in [4.78, 5) is 11.1. The zero-order chi connectivity index (χ0) is 12.5. The summed E-state index contributed by atoms with van der Waals surface area (Å²) in [5.74, 6) is 0.239. The van der Waals surface area contributed by atoms with E-state index in [0.717, 1.165) is 0 Å². The quantitative estimate of drug-likeness (QED) is 0.845. The molecular formula is C11H15NO3S2. The normalized spacial score (nSPS) is 18.8. The molecule has 1 aromatic rings. The van der Waals surface area contributed by atoms with E-state index in [-0.39, 0.29) is 11.8 Å². The van der Waals surface area contributed by atoms with Crippen LogP contribution in [-0.2, 0) is 14.8 Å². The molecule has 0 spiro atoms. The van der Waals surface area contributed by atoms with Crippen LogP contribution >= 0.6 is 11.3 Å². The predicted octanol–water partition coefficient (Wildman–Crippen LogP) is 1.88. The van der Waals surface area contributed by atoms with Gasteiger partial charge in [-0.05, 0) is 24.3 Å². The molecule has 1 aromatic heterocycles. The van der Waals surface area contributed by atoms with Gasteiger partial charge in [0.1, 0.15) is 9.99 Å². The van der Waals surface area contributed by atoms with Crippen molar-refractivity contribution in [3.63, 3.8) is 0 Å². The lowest BCUT2D eigenvalue weighted by Gasteiger charge is -2.29. The maximum atomic E-state index is 12.2. The Morgan fingerprint density at radius 2 is 2.00 bits per heavy atom. The Kier molecular flexibility index (Phi) is 3.65. The number of thiophene rings is 1. The van der Waals surface area contributed by atoms with Gasteiger partial charge in [-0.3, -0.25) is 4.79 Å². The van der Waals surface area contributed by atoms with Gasteiger partial charge in [0, 0.05) is 25.9 Å². The molecule has 6 heteroatoms. The fourth-order valence-corrected chi connectivity index (χ4v) is 4.63. The van der Waals surface area contributed by atoms with E-state index in [1.807, 2.05) is 0 Å². The Bertz CT molecular complexity index is 483. The van der Waals surface area contributed by atoms with E-state index in [4.69, 9.17) is 0 Å². The van der Waals surface area contributed by atoms with Crippen molar-refractivity contribution in [1.29, 1.82) is 0 Å². The topological polar surface area (TPSA) is 54.5 Å². The molecule has 0 aliphatic heterocycles. The van der Waals surface area contributed by atoms with Gasteiger partial charge >= 0.3 is 0 Å². The molecule has 1 fully saturated rings. The fraction of sp³-hybridized carbons (Fsp3) is 0.545. The number of ketones is 1. The van der Waals surface area contributed by atoms with Crippen molar-refractivity contribution in [2.45, 2.75) is 35.9 Å². The maximum Gasteiger partial charge on any atom is 0.252 e. The molecule has 1 heterocycles. The van der Waals surface area contributed by atoms with Crippen LogP contribution in [0.2, 0.25) is 0 Å². The number of rotatable bonds is 3. The van der Waals surface area contributed by atoms with Crippen molar-refractivity contribution in [2.24, 2.45) is 0 Å². The first-order valence-corrected chi connectivity index (χ1v) is 7.87. The average molecular weight is 273 g/mol. The molecule has 4 nitrogen and oxygen atoms in total. The van der Waals surface area contributed by atoms with Gasteiger partial charge in [-0.2, -0.15) is 4.31 Å². The molecule has 0 atom stereocenters. The zero-order valence-corrected chi connectivity index (χ0v) is 11.3. The van der Waals surface area contributed by atoms with Crippen LogP contribution in [0.5, 0.6) is 0 Å². The molecule has 0 bridgehead atoms. The molecule has 94 valence electrons. The van der Waals surface area contributed by atoms with Crippen LogP contribution in [0.25, 0.3) is 0 Å². The second-order valence-electron chi connectivity index (χ2n) is 4.22. The summed E-state index contributed by atoms with van der Waals surface area (Å²) in [6, 6.07) is 3.31. The van der Waals surface area contributed by atoms with Crippen LogP contribution in [0.1, 0.15) is 25.7 Å². The Morgan fingerprint density at radius 1 is 1.35 bits per heavy atom. The van der Waals surface area contributed by atoms with E-state index in [1.54, 1.807) is 24.6 Å². The zero-order valence-electron chi connectivity index (χ0n) is 9.63. The highest BCUT2D eigenvalue weighted by molar-refractivity contribution is 7.91. The van der Waals surface area contributed by atoms with Crippen LogP contribution in [0.15, 0.2) is 21.7 Å². The largest absolute Gasteiger partial charge is 0.300 e. The van der Waals surface area contributed by atoms with Gasteiger partial charge in [0.05, 0.1) is 0 Å². The third-order valence-corrected chi connectivity index (χ3v) is 6.44. The predicted molar refractivity (Wildman–Crippen MR) is 66.5 cm³/mol. The van der Waals surface area contributed by atoms with Crippen molar-refractivity contribution in [3.05, 3.63) is 17.5 Å². The lowest BCUT2D eigenvalue weighted by Crippen LogP contribution is -2.39. The van der Waals surface area contributed by atoms with Crippen LogP contribution < -0.4 is 0 Å². The fourth-order valence-electron chi connectivity index (χ4n) is 2.04. The van der Waals surface area contributed by atoms with Crippen molar-refractivity contribution >= 4 is 27.1 Å². The maximum absolute atomic E-state index is 12.2. The molecule has 0 aromatic carbocycles. The molecule has 0 unspecified atom stereocenters. The lowest BCUT2D eigenvalue weighted by atomic mass is 9.95. The molecule has 0 saturated heterocycles. The molecule has 0 N–H and O–H groups in total. The third-order valence-electron chi connectivity index (χ3n) is 3.16. The average Bonchev–Trinajstić information content (AvgIpc) is 2.83. The van der Waals surface area contributed by atoms with Gasteiger partial charge in [-0.25, -0.2) is 8.42 Å². The first-order chi connectivity index (χ1) is 8.01. The van der Waals surface area contributed by atoms with Crippen molar-refractivity contribution < 1.29 is 13.2 Å². The van der Waals surface area contributed by atoms with Crippen LogP contribution in [0, 0.1) is 0 Å². The Hall–Kier alpha value is -0.720. The molecule has 0 amide bonds. The van der Waals surface area contributed by atoms with Crippen molar-refractivity contribution in [1.82, 2.24) is 4.31 Å². The summed E-state index contributed by atoms with van der Waals surface area (Å²) in [5, 5.41) is 1.76. The van der Waals surface area contributed by atoms with Crippen molar-refractivity contribution in [3.8, 4) is 0 Å². The number of carbonyl (C=O) groups excluding carboxylic acids is 1. The summed E-state index contributed by atoms with van der Waals surface area (Å²) in [6.07, 6.45) is 2.27. The van der Waals surface area contributed by atoms with Crippen LogP contribution in [0.3, 0.4) is 0 Å². The van der Waals surface area contributed by atoms with E-state index in [0.29, 0.717) is 29.9 Å². The van der Waals surface area contributed by atoms with E-state index in [2.05, 4.69) is 0 Å². The third kappa shape index (κ3) is 2.59. The molecule has 1 aliphatic carbocycles. The first kappa shape index (κ1) is 12.7. The van der Waals surface area contributed by atoms with E-state index in [9.17, 15) is 13.2 Å². The second-order valence-corrected chi connectivity index (χ2v) is 7.40. The van der Waals surface area contributed by atoms with Crippen LogP contribution in [0.4, 0.5) is 0 Å². The van der Waals surface area contributed by atoms with E-state index >= 15 is 0 Å². The molecular weight excluding hydrogens is 258 g/mol. The van der Waals surface area contributed by atoms with E-state index in [1.165, 1.54) is 15.6 Å². The summed E-state index contributed by atoms with van der Waals surface area (Å²) >= 11 is 1.23. The van der Waals surface area contributed by atoms with Crippen molar-refractivity contribution in [2.75, 3.05) is 7.05 Å². The molecule has 1 aliphatic rings. The summed E-state index contributed by atoms with van der Waals surface area (Å²) in [6.45, 7) is 0. The van der Waals surface area contributed by atoms with E-state index < -0.39 is 10.0 Å². The number of hydrogen-bond acceptors (Lipinski definition) is 4. The van der Waals surface area contributed by atoms with Gasteiger partial charge in [0.15, 0.2) is 0 Å². The highest BCUT2D eigenvalue weighted by atomic mass is 32.2. The SMILES string of the molecule is CN(C1CCC(=O)CC1)S(=O)(=O)c1cccs1. The van der Waals surface area contributed by atoms with Gasteiger partial charge in [-0.15, -0.1) is 11.3 Å². The first-order valence-electron chi connectivity index (χ1n) is 5.55. The molecule has 17 heavy (non-hydrogen) atoms. The molecule has 0 radical (unpaired) electrons. The molecule has 2 rings (SSSR count). The molecule has 1 saturated carbocycles. The minimum Gasteiger partial charge on any atom is -0.300 e. The number of sulfonamides is 1. The highest BCUT2D eigenvalue weighted by Gasteiger charge is 2.31. The highest BCUT2D eigenvalue weighted by Crippen LogP contribution is 2.27. The number of Topliss-reactive ketones (excluding diaryl/α,β-unsaturated/α-hetero) is 1. The Labute approximate surface area is 105 Å². The monoisotopic (exact) mass is 273 g/mol. The number of nitrogens with zero attached hydrogens (tertiary/aromatic N) is 1. The van der Waals surface area contributed by atoms with Gasteiger partial charge in [0.25, 0.3) is 10.0 Å². The second kappa shape index (κ2) is 4.88. The van der Waals surface area contributed by atoms with Gasteiger partial charge in [-0.1, -0.05) is 6.07 Å². The van der Waals surface area contributed by atoms with Gasteiger partial charge < -0.3 is 0 Å².